The van der Waals surface area contributed by atoms with E-state index in [0.29, 0.717) is 11.8 Å². The predicted molar refractivity (Wildman–Crippen MR) is 68.1 cm³/mol. The summed E-state index contributed by atoms with van der Waals surface area (Å²) in [6, 6.07) is 2.56. The average Bonchev–Trinajstić information content (AvgIpc) is 2.95. The Hall–Kier alpha value is -0.970. The van der Waals surface area contributed by atoms with Crippen molar-refractivity contribution in [1.82, 2.24) is 9.78 Å². The highest BCUT2D eigenvalue weighted by atomic mass is 32.2. The maximum absolute atomic E-state index is 10.7. The second kappa shape index (κ2) is 5.58. The molecule has 1 aliphatic carbocycles. The highest BCUT2D eigenvalue weighted by Crippen LogP contribution is 2.29. The Morgan fingerprint density at radius 3 is 3.00 bits per heavy atom. The molecule has 1 fully saturated rings. The van der Waals surface area contributed by atoms with E-state index in [1.54, 1.807) is 6.92 Å². The summed E-state index contributed by atoms with van der Waals surface area (Å²) in [6.45, 7) is 1.71. The standard InChI is InChI=1S/C12H18N2O2S/c1-9(12(15)16)17-8-10-6-7-14(13-10)11-4-2-3-5-11/h6-7,9,11H,2-5,8H2,1H3,(H,15,16). The fraction of sp³-hybridized carbons (Fsp3) is 0.667. The molecular formula is C12H18N2O2S. The number of carbonyl (C=O) groups is 1. The van der Waals surface area contributed by atoms with Crippen LogP contribution in [0.15, 0.2) is 12.3 Å². The first-order valence-corrected chi connectivity index (χ1v) is 7.10. The number of hydrogen-bond acceptors (Lipinski definition) is 3. The van der Waals surface area contributed by atoms with Crippen LogP contribution in [0, 0.1) is 0 Å². The van der Waals surface area contributed by atoms with Crippen molar-refractivity contribution in [2.75, 3.05) is 0 Å². The summed E-state index contributed by atoms with van der Waals surface area (Å²) >= 11 is 1.42. The normalized spacial score (nSPS) is 18.4. The Labute approximate surface area is 105 Å². The number of hydrogen-bond donors (Lipinski definition) is 1. The van der Waals surface area contributed by atoms with Gasteiger partial charge in [-0.05, 0) is 25.8 Å². The maximum atomic E-state index is 10.7. The fourth-order valence-corrected chi connectivity index (χ4v) is 2.83. The quantitative estimate of drug-likeness (QED) is 0.877. The fourth-order valence-electron chi connectivity index (χ4n) is 2.11. The van der Waals surface area contributed by atoms with E-state index in [9.17, 15) is 4.79 Å². The lowest BCUT2D eigenvalue weighted by atomic mass is 10.3. The van der Waals surface area contributed by atoms with E-state index in [1.165, 1.54) is 37.4 Å². The molecule has 17 heavy (non-hydrogen) atoms. The van der Waals surface area contributed by atoms with Crippen molar-refractivity contribution in [2.24, 2.45) is 0 Å². The van der Waals surface area contributed by atoms with E-state index >= 15 is 0 Å². The number of carboxylic acids is 1. The predicted octanol–water partition coefficient (Wildman–Crippen LogP) is 2.70. The molecule has 5 heteroatoms. The molecule has 1 aromatic rings. The van der Waals surface area contributed by atoms with E-state index in [1.807, 2.05) is 16.9 Å². The third-order valence-electron chi connectivity index (χ3n) is 3.19. The Balaban J connectivity index is 1.87. The van der Waals surface area contributed by atoms with Crippen LogP contribution < -0.4 is 0 Å². The van der Waals surface area contributed by atoms with E-state index in [4.69, 9.17) is 5.11 Å². The maximum Gasteiger partial charge on any atom is 0.316 e. The van der Waals surface area contributed by atoms with E-state index in [2.05, 4.69) is 5.10 Å². The summed E-state index contributed by atoms with van der Waals surface area (Å²) in [5, 5.41) is 12.9. The molecule has 4 nitrogen and oxygen atoms in total. The topological polar surface area (TPSA) is 55.1 Å². The van der Waals surface area contributed by atoms with Gasteiger partial charge >= 0.3 is 5.97 Å². The monoisotopic (exact) mass is 254 g/mol. The molecule has 1 aromatic heterocycles. The lowest BCUT2D eigenvalue weighted by molar-refractivity contribution is -0.136. The number of aliphatic carboxylic acids is 1. The smallest absolute Gasteiger partial charge is 0.316 e. The zero-order valence-electron chi connectivity index (χ0n) is 10.0. The van der Waals surface area contributed by atoms with Crippen molar-refractivity contribution in [2.45, 2.75) is 49.7 Å². The molecule has 1 aliphatic rings. The number of carboxylic acid groups (broad SMARTS) is 1. The molecule has 1 unspecified atom stereocenters. The molecule has 0 aromatic carbocycles. The van der Waals surface area contributed by atoms with Crippen molar-refractivity contribution >= 4 is 17.7 Å². The highest BCUT2D eigenvalue weighted by molar-refractivity contribution is 7.99. The number of nitrogens with zero attached hydrogens (tertiary/aromatic N) is 2. The molecule has 1 saturated carbocycles. The van der Waals surface area contributed by atoms with Crippen LogP contribution in [0.2, 0.25) is 0 Å². The highest BCUT2D eigenvalue weighted by Gasteiger charge is 2.18. The van der Waals surface area contributed by atoms with Crippen LogP contribution >= 0.6 is 11.8 Å². The van der Waals surface area contributed by atoms with Gasteiger partial charge in [0.05, 0.1) is 17.0 Å². The number of rotatable bonds is 5. The summed E-state index contributed by atoms with van der Waals surface area (Å²) in [7, 11) is 0. The van der Waals surface area contributed by atoms with Crippen LogP contribution in [0.4, 0.5) is 0 Å². The third-order valence-corrected chi connectivity index (χ3v) is 4.36. The second-order valence-electron chi connectivity index (χ2n) is 4.52. The summed E-state index contributed by atoms with van der Waals surface area (Å²) in [6.07, 6.45) is 7.06. The molecule has 0 spiro atoms. The van der Waals surface area contributed by atoms with Gasteiger partial charge in [0.1, 0.15) is 0 Å². The zero-order valence-corrected chi connectivity index (χ0v) is 10.8. The number of thioether (sulfide) groups is 1. The van der Waals surface area contributed by atoms with Crippen LogP contribution in [-0.4, -0.2) is 26.1 Å². The first-order valence-electron chi connectivity index (χ1n) is 6.05. The van der Waals surface area contributed by atoms with Crippen LogP contribution in [0.3, 0.4) is 0 Å². The molecule has 1 heterocycles. The minimum Gasteiger partial charge on any atom is -0.480 e. The van der Waals surface area contributed by atoms with Gasteiger partial charge in [-0.2, -0.15) is 5.10 Å². The lowest BCUT2D eigenvalue weighted by Crippen LogP contribution is -2.11. The van der Waals surface area contributed by atoms with Gasteiger partial charge in [0.2, 0.25) is 0 Å². The molecule has 94 valence electrons. The van der Waals surface area contributed by atoms with Crippen molar-refractivity contribution in [3.63, 3.8) is 0 Å². The number of aromatic nitrogens is 2. The minimum absolute atomic E-state index is 0.369. The second-order valence-corrected chi connectivity index (χ2v) is 5.85. The molecule has 0 saturated heterocycles. The van der Waals surface area contributed by atoms with Gasteiger partial charge in [0, 0.05) is 11.9 Å². The van der Waals surface area contributed by atoms with Gasteiger partial charge in [-0.1, -0.05) is 12.8 Å². The van der Waals surface area contributed by atoms with Gasteiger partial charge in [-0.3, -0.25) is 9.48 Å². The lowest BCUT2D eigenvalue weighted by Gasteiger charge is -2.09. The van der Waals surface area contributed by atoms with Gasteiger partial charge in [-0.25, -0.2) is 0 Å². The molecule has 0 amide bonds. The van der Waals surface area contributed by atoms with Gasteiger partial charge < -0.3 is 5.11 Å². The summed E-state index contributed by atoms with van der Waals surface area (Å²) in [5.41, 5.74) is 0.981. The van der Waals surface area contributed by atoms with E-state index in [-0.39, 0.29) is 5.25 Å². The molecule has 0 bridgehead atoms. The van der Waals surface area contributed by atoms with Crippen molar-refractivity contribution in [1.29, 1.82) is 0 Å². The van der Waals surface area contributed by atoms with Gasteiger partial charge in [0.25, 0.3) is 0 Å². The Kier molecular flexibility index (Phi) is 4.10. The van der Waals surface area contributed by atoms with Gasteiger partial charge in [0.15, 0.2) is 0 Å². The van der Waals surface area contributed by atoms with Crippen LogP contribution in [0.5, 0.6) is 0 Å². The summed E-state index contributed by atoms with van der Waals surface area (Å²) < 4.78 is 2.05. The SMILES string of the molecule is CC(SCc1ccn(C2CCCC2)n1)C(=O)O. The van der Waals surface area contributed by atoms with Gasteiger partial charge in [-0.15, -0.1) is 11.8 Å². The van der Waals surface area contributed by atoms with E-state index in [0.717, 1.165) is 5.69 Å². The first-order chi connectivity index (χ1) is 8.16. The molecule has 0 radical (unpaired) electrons. The van der Waals surface area contributed by atoms with E-state index < -0.39 is 5.97 Å². The van der Waals surface area contributed by atoms with Crippen molar-refractivity contribution in [3.05, 3.63) is 18.0 Å². The first kappa shape index (κ1) is 12.5. The molecule has 1 atom stereocenters. The molecular weight excluding hydrogens is 236 g/mol. The summed E-state index contributed by atoms with van der Waals surface area (Å²) in [4.78, 5) is 10.7. The Bertz CT molecular complexity index is 386. The molecule has 2 rings (SSSR count). The van der Waals surface area contributed by atoms with Crippen molar-refractivity contribution < 1.29 is 9.90 Å². The van der Waals surface area contributed by atoms with Crippen LogP contribution in [0.1, 0.15) is 44.3 Å². The average molecular weight is 254 g/mol. The summed E-state index contributed by atoms with van der Waals surface area (Å²) in [5.74, 6) is -0.0853. The third kappa shape index (κ3) is 3.25. The van der Waals surface area contributed by atoms with Crippen LogP contribution in [0.25, 0.3) is 0 Å². The Morgan fingerprint density at radius 1 is 1.65 bits per heavy atom. The van der Waals surface area contributed by atoms with Crippen molar-refractivity contribution in [3.8, 4) is 0 Å². The Morgan fingerprint density at radius 2 is 2.35 bits per heavy atom. The largest absolute Gasteiger partial charge is 0.480 e. The molecule has 0 aliphatic heterocycles. The van der Waals surface area contributed by atoms with Crippen LogP contribution in [-0.2, 0) is 10.5 Å². The minimum atomic E-state index is -0.759. The molecule has 1 N–H and O–H groups in total. The zero-order chi connectivity index (χ0) is 12.3.